The first kappa shape index (κ1) is 25.3. The van der Waals surface area contributed by atoms with E-state index >= 15 is 0 Å². The fourth-order valence-corrected chi connectivity index (χ4v) is 6.21. The maximum atomic E-state index is 5.16. The maximum absolute atomic E-state index is 5.16. The predicted octanol–water partition coefficient (Wildman–Crippen LogP) is 9.65. The summed E-state index contributed by atoms with van der Waals surface area (Å²) >= 11 is 0. The van der Waals surface area contributed by atoms with Crippen LogP contribution in [0.4, 0.5) is 0 Å². The van der Waals surface area contributed by atoms with Gasteiger partial charge in [0.2, 0.25) is 0 Å². The Labute approximate surface area is 259 Å². The van der Waals surface area contributed by atoms with Crippen LogP contribution >= 0.6 is 0 Å². The SMILES string of the molecule is c1ccc(-c2ccc(-c3nc(-c4ccc(-c5nc6c(nc7ccccn76)c6ccccc56)cc4)nc4ccccc34)cc2)cc1. The molecule has 45 heavy (non-hydrogen) atoms. The van der Waals surface area contributed by atoms with Crippen LogP contribution in [0.2, 0.25) is 0 Å². The monoisotopic (exact) mass is 575 g/mol. The van der Waals surface area contributed by atoms with Crippen LogP contribution in [-0.4, -0.2) is 24.3 Å². The third-order valence-corrected chi connectivity index (χ3v) is 8.44. The lowest BCUT2D eigenvalue weighted by atomic mass is 10.0. The van der Waals surface area contributed by atoms with Gasteiger partial charge < -0.3 is 0 Å². The van der Waals surface area contributed by atoms with Gasteiger partial charge in [-0.05, 0) is 29.3 Å². The minimum absolute atomic E-state index is 0.692. The Morgan fingerprint density at radius 3 is 1.73 bits per heavy atom. The van der Waals surface area contributed by atoms with Crippen LogP contribution in [0.3, 0.4) is 0 Å². The number of imidazole rings is 1. The summed E-state index contributed by atoms with van der Waals surface area (Å²) < 4.78 is 2.05. The smallest absolute Gasteiger partial charge is 0.165 e. The van der Waals surface area contributed by atoms with Crippen LogP contribution in [0.15, 0.2) is 152 Å². The molecule has 0 N–H and O–H groups in total. The number of hydrogen-bond donors (Lipinski definition) is 0. The molecule has 5 heteroatoms. The number of rotatable bonds is 4. The van der Waals surface area contributed by atoms with Crippen LogP contribution in [0, 0.1) is 0 Å². The summed E-state index contributed by atoms with van der Waals surface area (Å²) in [5.74, 6) is 0.692. The number of nitrogens with zero attached hydrogens (tertiary/aromatic N) is 5. The van der Waals surface area contributed by atoms with Gasteiger partial charge in [-0.15, -0.1) is 0 Å². The Morgan fingerprint density at radius 1 is 0.378 bits per heavy atom. The first-order valence-corrected chi connectivity index (χ1v) is 15.0. The highest BCUT2D eigenvalue weighted by atomic mass is 15.1. The molecule has 4 heterocycles. The van der Waals surface area contributed by atoms with E-state index in [4.69, 9.17) is 19.9 Å². The van der Waals surface area contributed by atoms with E-state index in [1.54, 1.807) is 0 Å². The summed E-state index contributed by atoms with van der Waals surface area (Å²) in [5.41, 5.74) is 10.8. The Bertz CT molecular complexity index is 2520. The molecule has 0 saturated heterocycles. The highest BCUT2D eigenvalue weighted by Crippen LogP contribution is 2.35. The molecule has 0 spiro atoms. The van der Waals surface area contributed by atoms with E-state index in [1.807, 2.05) is 42.6 Å². The molecule has 0 saturated carbocycles. The molecule has 0 radical (unpaired) electrons. The number of fused-ring (bicyclic) bond motifs is 6. The van der Waals surface area contributed by atoms with Crippen LogP contribution in [0.1, 0.15) is 0 Å². The number of para-hydroxylation sites is 1. The predicted molar refractivity (Wildman–Crippen MR) is 183 cm³/mol. The van der Waals surface area contributed by atoms with Crippen molar-refractivity contribution in [3.05, 3.63) is 152 Å². The third-order valence-electron chi connectivity index (χ3n) is 8.44. The van der Waals surface area contributed by atoms with Crippen LogP contribution < -0.4 is 0 Å². The Balaban J connectivity index is 1.15. The molecule has 5 aromatic carbocycles. The van der Waals surface area contributed by atoms with Gasteiger partial charge in [0.05, 0.1) is 16.9 Å². The van der Waals surface area contributed by atoms with Crippen LogP contribution in [-0.2, 0) is 0 Å². The van der Waals surface area contributed by atoms with E-state index in [0.717, 1.165) is 66.6 Å². The van der Waals surface area contributed by atoms with Crippen molar-refractivity contribution in [2.45, 2.75) is 0 Å². The largest absolute Gasteiger partial charge is 0.284 e. The molecule has 210 valence electrons. The van der Waals surface area contributed by atoms with Crippen LogP contribution in [0.25, 0.3) is 83.5 Å². The van der Waals surface area contributed by atoms with Gasteiger partial charge in [-0.25, -0.2) is 19.9 Å². The average Bonchev–Trinajstić information content (AvgIpc) is 3.50. The van der Waals surface area contributed by atoms with E-state index in [-0.39, 0.29) is 0 Å². The first-order chi connectivity index (χ1) is 22.3. The minimum Gasteiger partial charge on any atom is -0.284 e. The molecule has 4 aromatic heterocycles. The molecule has 0 aliphatic rings. The van der Waals surface area contributed by atoms with Gasteiger partial charge in [-0.2, -0.15) is 0 Å². The van der Waals surface area contributed by atoms with Crippen LogP contribution in [0.5, 0.6) is 0 Å². The molecule has 0 aliphatic heterocycles. The third kappa shape index (κ3) is 4.25. The van der Waals surface area contributed by atoms with Crippen molar-refractivity contribution in [3.8, 4) is 45.0 Å². The van der Waals surface area contributed by atoms with Gasteiger partial charge in [0.1, 0.15) is 11.2 Å². The lowest BCUT2D eigenvalue weighted by Gasteiger charge is -2.11. The van der Waals surface area contributed by atoms with Gasteiger partial charge in [-0.3, -0.25) is 4.40 Å². The van der Waals surface area contributed by atoms with Crippen molar-refractivity contribution in [2.75, 3.05) is 0 Å². The zero-order chi connectivity index (χ0) is 29.7. The normalized spacial score (nSPS) is 11.6. The fourth-order valence-electron chi connectivity index (χ4n) is 6.21. The minimum atomic E-state index is 0.692. The van der Waals surface area contributed by atoms with Gasteiger partial charge >= 0.3 is 0 Å². The van der Waals surface area contributed by atoms with Crippen molar-refractivity contribution in [1.82, 2.24) is 24.3 Å². The number of benzene rings is 5. The summed E-state index contributed by atoms with van der Waals surface area (Å²) in [6.45, 7) is 0. The van der Waals surface area contributed by atoms with Crippen molar-refractivity contribution >= 4 is 38.5 Å². The summed E-state index contributed by atoms with van der Waals surface area (Å²) in [5, 5.41) is 3.19. The Morgan fingerprint density at radius 2 is 0.956 bits per heavy atom. The molecule has 9 rings (SSSR count). The van der Waals surface area contributed by atoms with Gasteiger partial charge in [-0.1, -0.05) is 127 Å². The highest BCUT2D eigenvalue weighted by Gasteiger charge is 2.16. The Kier molecular flexibility index (Phi) is 5.74. The topological polar surface area (TPSA) is 56.0 Å². The zero-order valence-electron chi connectivity index (χ0n) is 24.2. The zero-order valence-corrected chi connectivity index (χ0v) is 24.2. The summed E-state index contributed by atoms with van der Waals surface area (Å²) in [4.78, 5) is 20.2. The van der Waals surface area contributed by atoms with E-state index in [0.29, 0.717) is 5.82 Å². The first-order valence-electron chi connectivity index (χ1n) is 15.0. The van der Waals surface area contributed by atoms with Crippen molar-refractivity contribution in [3.63, 3.8) is 0 Å². The number of pyridine rings is 2. The lowest BCUT2D eigenvalue weighted by molar-refractivity contribution is 1.19. The van der Waals surface area contributed by atoms with Gasteiger partial charge in [0.15, 0.2) is 11.5 Å². The lowest BCUT2D eigenvalue weighted by Crippen LogP contribution is -1.96. The Hall–Kier alpha value is -6.20. The molecular formula is C40H25N5. The molecule has 0 aliphatic carbocycles. The highest BCUT2D eigenvalue weighted by molar-refractivity contribution is 6.09. The second-order valence-corrected chi connectivity index (χ2v) is 11.2. The van der Waals surface area contributed by atoms with E-state index in [1.165, 1.54) is 11.1 Å². The molecule has 0 atom stereocenters. The van der Waals surface area contributed by atoms with Crippen molar-refractivity contribution in [2.24, 2.45) is 0 Å². The number of aromatic nitrogens is 5. The molecule has 0 bridgehead atoms. The molecular weight excluding hydrogens is 550 g/mol. The molecule has 0 unspecified atom stereocenters. The maximum Gasteiger partial charge on any atom is 0.165 e. The summed E-state index contributed by atoms with van der Waals surface area (Å²) in [6, 6.07) is 50.1. The fraction of sp³-hybridized carbons (Fsp3) is 0. The van der Waals surface area contributed by atoms with Gasteiger partial charge in [0, 0.05) is 39.0 Å². The second-order valence-electron chi connectivity index (χ2n) is 11.2. The summed E-state index contributed by atoms with van der Waals surface area (Å²) in [7, 11) is 0. The van der Waals surface area contributed by atoms with Gasteiger partial charge in [0.25, 0.3) is 0 Å². The van der Waals surface area contributed by atoms with E-state index < -0.39 is 0 Å². The standard InChI is InChI=1S/C40H25N5/c1-2-10-26(11-3-1)27-17-19-29(20-18-27)37-33-14-6-7-15-34(33)41-39(43-37)30-23-21-28(22-24-30)36-31-12-4-5-13-32(31)38-40(44-36)45-25-9-8-16-35(45)42-38/h1-25H. The van der Waals surface area contributed by atoms with E-state index in [2.05, 4.69) is 114 Å². The average molecular weight is 576 g/mol. The summed E-state index contributed by atoms with van der Waals surface area (Å²) in [6.07, 6.45) is 2.02. The van der Waals surface area contributed by atoms with Crippen molar-refractivity contribution < 1.29 is 0 Å². The molecule has 0 fully saturated rings. The molecule has 0 amide bonds. The molecule has 5 nitrogen and oxygen atoms in total. The van der Waals surface area contributed by atoms with E-state index in [9.17, 15) is 0 Å². The number of hydrogen-bond acceptors (Lipinski definition) is 4. The van der Waals surface area contributed by atoms with Crippen molar-refractivity contribution in [1.29, 1.82) is 0 Å². The molecule has 9 aromatic rings. The quantitative estimate of drug-likeness (QED) is 0.210. The second kappa shape index (κ2) is 10.2.